The first-order valence-electron chi connectivity index (χ1n) is 9.79. The molecule has 0 unspecified atom stereocenters. The molecule has 1 aliphatic rings. The minimum Gasteiger partial charge on any atom is -0.374 e. The van der Waals surface area contributed by atoms with Gasteiger partial charge in [0.2, 0.25) is 0 Å². The molecule has 5 nitrogen and oxygen atoms in total. The highest BCUT2D eigenvalue weighted by atomic mass is 32.2. The highest BCUT2D eigenvalue weighted by Crippen LogP contribution is 2.20. The van der Waals surface area contributed by atoms with Crippen LogP contribution in [0.2, 0.25) is 0 Å². The Labute approximate surface area is 167 Å². The van der Waals surface area contributed by atoms with Gasteiger partial charge in [0.25, 0.3) is 10.1 Å². The lowest BCUT2D eigenvalue weighted by Crippen LogP contribution is -2.22. The van der Waals surface area contributed by atoms with Gasteiger partial charge >= 0.3 is 0 Å². The predicted molar refractivity (Wildman–Crippen MR) is 116 cm³/mol. The number of nitrogens with zero attached hydrogens (tertiary/aromatic N) is 2. The topological polar surface area (TPSA) is 62.5 Å². The van der Waals surface area contributed by atoms with Gasteiger partial charge in [-0.1, -0.05) is 37.6 Å². The molecule has 0 spiro atoms. The smallest absolute Gasteiger partial charge is 0.264 e. The van der Waals surface area contributed by atoms with Gasteiger partial charge in [0, 0.05) is 36.7 Å². The summed E-state index contributed by atoms with van der Waals surface area (Å²) in [6.07, 6.45) is 15.3. The van der Waals surface area contributed by atoms with E-state index >= 15 is 0 Å². The zero-order chi connectivity index (χ0) is 20.0. The van der Waals surface area contributed by atoms with Gasteiger partial charge in [0.05, 0.1) is 5.75 Å². The fourth-order valence-electron chi connectivity index (χ4n) is 3.32. The van der Waals surface area contributed by atoms with E-state index in [0.717, 1.165) is 18.7 Å². The van der Waals surface area contributed by atoms with Gasteiger partial charge in [-0.25, -0.2) is 0 Å². The molecule has 0 saturated carbocycles. The zero-order valence-electron chi connectivity index (χ0n) is 16.3. The molecule has 2 aromatic rings. The van der Waals surface area contributed by atoms with E-state index in [9.17, 15) is 8.42 Å². The summed E-state index contributed by atoms with van der Waals surface area (Å²) in [4.78, 5) is 2.04. The number of aryl methyl sites for hydroxylation is 1. The quantitative estimate of drug-likeness (QED) is 0.630. The number of hydrogen-bond acceptors (Lipinski definition) is 3. The second kappa shape index (κ2) is 9.26. The Morgan fingerprint density at radius 2 is 2.00 bits per heavy atom. The number of benzene rings is 1. The third-order valence-electron chi connectivity index (χ3n) is 4.90. The number of fused-ring (bicyclic) bond motifs is 1. The lowest BCUT2D eigenvalue weighted by Gasteiger charge is -2.21. The van der Waals surface area contributed by atoms with Crippen LogP contribution in [0.5, 0.6) is 0 Å². The third-order valence-corrected chi connectivity index (χ3v) is 5.71. The van der Waals surface area contributed by atoms with Crippen LogP contribution in [-0.4, -0.2) is 41.3 Å². The zero-order valence-corrected chi connectivity index (χ0v) is 17.1. The molecule has 28 heavy (non-hydrogen) atoms. The number of unbranched alkanes of at least 4 members (excludes halogenated alkanes) is 1. The summed E-state index contributed by atoms with van der Waals surface area (Å²) >= 11 is 0. The normalized spacial score (nSPS) is 14.9. The van der Waals surface area contributed by atoms with Crippen molar-refractivity contribution < 1.29 is 13.0 Å². The van der Waals surface area contributed by atoms with Gasteiger partial charge in [-0.15, -0.1) is 0 Å². The van der Waals surface area contributed by atoms with E-state index in [1.165, 1.54) is 29.3 Å². The van der Waals surface area contributed by atoms with Crippen molar-refractivity contribution in [3.05, 3.63) is 66.0 Å². The molecule has 0 atom stereocenters. The van der Waals surface area contributed by atoms with Gasteiger partial charge in [-0.05, 0) is 54.5 Å². The number of allylic oxidation sites excluding steroid dienone is 3. The Bertz CT molecular complexity index is 1000. The van der Waals surface area contributed by atoms with Crippen molar-refractivity contribution in [2.75, 3.05) is 18.8 Å². The molecule has 3 rings (SSSR count). The SMILES string of the molecule is CCCCn1ccc2cc(C=CC3=CCN(CCCS(=O)(=O)O)C=C3)ccc21. The Balaban J connectivity index is 1.56. The molecule has 150 valence electrons. The lowest BCUT2D eigenvalue weighted by atomic mass is 10.1. The van der Waals surface area contributed by atoms with Crippen molar-refractivity contribution in [2.45, 2.75) is 32.7 Å². The van der Waals surface area contributed by atoms with E-state index < -0.39 is 10.1 Å². The largest absolute Gasteiger partial charge is 0.374 e. The predicted octanol–water partition coefficient (Wildman–Crippen LogP) is 4.49. The van der Waals surface area contributed by atoms with E-state index in [1.807, 2.05) is 17.2 Å². The first-order valence-corrected chi connectivity index (χ1v) is 11.4. The first-order chi connectivity index (χ1) is 13.4. The summed E-state index contributed by atoms with van der Waals surface area (Å²) in [5.74, 6) is -0.198. The summed E-state index contributed by atoms with van der Waals surface area (Å²) in [5.41, 5.74) is 3.58. The third kappa shape index (κ3) is 5.84. The molecule has 0 fully saturated rings. The van der Waals surface area contributed by atoms with Crippen LogP contribution in [0.1, 0.15) is 31.7 Å². The van der Waals surface area contributed by atoms with Crippen molar-refractivity contribution in [3.63, 3.8) is 0 Å². The second-order valence-electron chi connectivity index (χ2n) is 7.17. The van der Waals surface area contributed by atoms with Crippen LogP contribution in [0.4, 0.5) is 0 Å². The average Bonchev–Trinajstić information content (AvgIpc) is 3.07. The summed E-state index contributed by atoms with van der Waals surface area (Å²) < 4.78 is 32.6. The van der Waals surface area contributed by atoms with E-state index in [2.05, 4.69) is 60.2 Å². The lowest BCUT2D eigenvalue weighted by molar-refractivity contribution is 0.405. The van der Waals surface area contributed by atoms with Crippen molar-refractivity contribution >= 4 is 27.1 Å². The van der Waals surface area contributed by atoms with E-state index in [0.29, 0.717) is 13.0 Å². The second-order valence-corrected chi connectivity index (χ2v) is 8.74. The minimum absolute atomic E-state index is 0.198. The molecule has 1 aromatic carbocycles. The summed E-state index contributed by atoms with van der Waals surface area (Å²) in [7, 11) is -3.87. The van der Waals surface area contributed by atoms with Crippen molar-refractivity contribution in [1.29, 1.82) is 0 Å². The Morgan fingerprint density at radius 3 is 2.71 bits per heavy atom. The molecular formula is C22H28N2O3S. The maximum absolute atomic E-state index is 10.8. The number of rotatable bonds is 9. The van der Waals surface area contributed by atoms with Crippen LogP contribution in [0.25, 0.3) is 17.0 Å². The van der Waals surface area contributed by atoms with Gasteiger partial charge < -0.3 is 9.47 Å². The summed E-state index contributed by atoms with van der Waals surface area (Å²) in [6.45, 7) is 4.62. The fourth-order valence-corrected chi connectivity index (χ4v) is 3.81. The molecule has 2 heterocycles. The van der Waals surface area contributed by atoms with E-state index in [1.54, 1.807) is 0 Å². The molecule has 1 aromatic heterocycles. The summed E-state index contributed by atoms with van der Waals surface area (Å²) in [5, 5.41) is 1.26. The monoisotopic (exact) mass is 400 g/mol. The molecule has 6 heteroatoms. The molecule has 0 saturated heterocycles. The number of aromatic nitrogens is 1. The number of hydrogen-bond donors (Lipinski definition) is 1. The van der Waals surface area contributed by atoms with Crippen molar-refractivity contribution in [1.82, 2.24) is 9.47 Å². The maximum atomic E-state index is 10.8. The molecule has 0 bridgehead atoms. The Kier molecular flexibility index (Phi) is 6.75. The van der Waals surface area contributed by atoms with Gasteiger partial charge in [-0.3, -0.25) is 4.55 Å². The van der Waals surface area contributed by atoms with E-state index in [4.69, 9.17) is 4.55 Å². The van der Waals surface area contributed by atoms with Crippen molar-refractivity contribution in [2.24, 2.45) is 0 Å². The fraction of sp³-hybridized carbons (Fsp3) is 0.364. The summed E-state index contributed by atoms with van der Waals surface area (Å²) in [6, 6.07) is 8.72. The average molecular weight is 401 g/mol. The van der Waals surface area contributed by atoms with Crippen molar-refractivity contribution in [3.8, 4) is 0 Å². The molecule has 0 amide bonds. The van der Waals surface area contributed by atoms with Crippen LogP contribution in [0.3, 0.4) is 0 Å². The Morgan fingerprint density at radius 1 is 1.14 bits per heavy atom. The van der Waals surface area contributed by atoms with Crippen LogP contribution in [0, 0.1) is 0 Å². The molecule has 0 aliphatic carbocycles. The van der Waals surface area contributed by atoms with Crippen LogP contribution < -0.4 is 0 Å². The standard InChI is InChI=1S/C22H28N2O3S/c1-2-3-13-24-16-11-21-18-20(7-8-22(21)24)6-5-19-9-14-23(15-10-19)12-4-17-28(25,26)27/h5-11,14,16,18H,2-4,12-13,15,17H2,1H3,(H,25,26,27). The van der Waals surface area contributed by atoms with Gasteiger partial charge in [0.15, 0.2) is 0 Å². The molecule has 1 N–H and O–H groups in total. The van der Waals surface area contributed by atoms with E-state index in [-0.39, 0.29) is 5.75 Å². The maximum Gasteiger partial charge on any atom is 0.264 e. The van der Waals surface area contributed by atoms with Gasteiger partial charge in [0.1, 0.15) is 0 Å². The van der Waals surface area contributed by atoms with Crippen LogP contribution in [0.15, 0.2) is 60.5 Å². The van der Waals surface area contributed by atoms with Crippen LogP contribution >= 0.6 is 0 Å². The molecule has 1 aliphatic heterocycles. The molecular weight excluding hydrogens is 372 g/mol. The Hall–Kier alpha value is -2.31. The highest BCUT2D eigenvalue weighted by molar-refractivity contribution is 7.85. The minimum atomic E-state index is -3.87. The van der Waals surface area contributed by atoms with Crippen LogP contribution in [-0.2, 0) is 16.7 Å². The highest BCUT2D eigenvalue weighted by Gasteiger charge is 2.07. The van der Waals surface area contributed by atoms with Gasteiger partial charge in [-0.2, -0.15) is 8.42 Å². The first kappa shape index (κ1) is 20.4. The molecule has 0 radical (unpaired) electrons.